The molecule has 3 aromatic carbocycles. The molecule has 4 atom stereocenters. The van der Waals surface area contributed by atoms with Crippen molar-refractivity contribution in [2.75, 3.05) is 14.1 Å². The Balaban J connectivity index is 1.23. The standard InChI is InChI=1S/C37H34FN3O7/c1-41(2)30-25-14-21-13-22-27(32(24-16-39-15-23(24)29(22)38)46-17-19-9-5-3-6-10-19)31(42)26(21)34(43)37(25,45)35(44)28-33(30)48-40-36(28)47-18-20-11-7-4-8-12-20/h3-12,21,25,30,39,42,45H,13-18H2,1-2H3/t21-,25-,30-,37-/m0/s1. The third-order valence-electron chi connectivity index (χ3n) is 10.2. The first kappa shape index (κ1) is 30.5. The van der Waals surface area contributed by atoms with Gasteiger partial charge in [0.25, 0.3) is 5.88 Å². The van der Waals surface area contributed by atoms with E-state index < -0.39 is 46.6 Å². The van der Waals surface area contributed by atoms with Crippen molar-refractivity contribution in [1.82, 2.24) is 15.4 Å². The van der Waals surface area contributed by atoms with Crippen LogP contribution in [-0.2, 0) is 37.5 Å². The maximum atomic E-state index is 16.2. The number of rotatable bonds is 7. The van der Waals surface area contributed by atoms with Gasteiger partial charge in [0.15, 0.2) is 11.4 Å². The molecule has 0 unspecified atom stereocenters. The first-order valence-electron chi connectivity index (χ1n) is 16.0. The van der Waals surface area contributed by atoms with E-state index in [-0.39, 0.29) is 60.0 Å². The van der Waals surface area contributed by atoms with E-state index in [1.807, 2.05) is 60.7 Å². The lowest BCUT2D eigenvalue weighted by atomic mass is 9.57. The Kier molecular flexibility index (Phi) is 7.24. The molecule has 1 aromatic heterocycles. The maximum absolute atomic E-state index is 16.2. The minimum atomic E-state index is -2.56. The average Bonchev–Trinajstić information content (AvgIpc) is 3.75. The number of aromatic nitrogens is 1. The van der Waals surface area contributed by atoms with E-state index in [0.29, 0.717) is 30.0 Å². The summed E-state index contributed by atoms with van der Waals surface area (Å²) in [4.78, 5) is 30.7. The third kappa shape index (κ3) is 4.45. The number of halogens is 1. The number of carbonyl (C=O) groups is 2. The fraction of sp³-hybridized carbons (Fsp3) is 0.324. The molecule has 8 rings (SSSR count). The number of aliphatic hydroxyl groups is 2. The van der Waals surface area contributed by atoms with Crippen molar-refractivity contribution in [2.45, 2.75) is 50.8 Å². The zero-order valence-corrected chi connectivity index (χ0v) is 26.5. The van der Waals surface area contributed by atoms with E-state index in [4.69, 9.17) is 14.0 Å². The lowest BCUT2D eigenvalue weighted by Crippen LogP contribution is -2.63. The molecule has 1 saturated carbocycles. The zero-order valence-electron chi connectivity index (χ0n) is 26.5. The Hall–Kier alpha value is -4.84. The Morgan fingerprint density at radius 3 is 2.25 bits per heavy atom. The van der Waals surface area contributed by atoms with E-state index in [0.717, 1.165) is 11.1 Å². The summed E-state index contributed by atoms with van der Waals surface area (Å²) in [5.41, 5.74) is 0.329. The molecule has 48 heavy (non-hydrogen) atoms. The number of benzene rings is 3. The zero-order chi connectivity index (χ0) is 33.3. The summed E-state index contributed by atoms with van der Waals surface area (Å²) in [5, 5.41) is 31.5. The molecular formula is C37H34FN3O7. The van der Waals surface area contributed by atoms with Gasteiger partial charge < -0.3 is 29.5 Å². The van der Waals surface area contributed by atoms with Crippen molar-refractivity contribution >= 4 is 17.3 Å². The fourth-order valence-electron chi connectivity index (χ4n) is 8.00. The normalized spacial score (nSPS) is 24.1. The van der Waals surface area contributed by atoms with Crippen LogP contribution in [0.2, 0.25) is 0 Å². The summed E-state index contributed by atoms with van der Waals surface area (Å²) in [6.45, 7) is 0.861. The second kappa shape index (κ2) is 11.4. The van der Waals surface area contributed by atoms with Crippen molar-refractivity contribution in [2.24, 2.45) is 11.8 Å². The highest BCUT2D eigenvalue weighted by Gasteiger charge is 2.65. The molecule has 2 heterocycles. The van der Waals surface area contributed by atoms with Gasteiger partial charge in [-0.15, -0.1) is 0 Å². The Bertz CT molecular complexity index is 1990. The predicted molar refractivity (Wildman–Crippen MR) is 171 cm³/mol. The molecule has 11 heteroatoms. The molecule has 1 fully saturated rings. The number of ketones is 2. The van der Waals surface area contributed by atoms with Gasteiger partial charge in [0.2, 0.25) is 11.6 Å². The lowest BCUT2D eigenvalue weighted by molar-refractivity contribution is -0.142. The van der Waals surface area contributed by atoms with Crippen LogP contribution < -0.4 is 14.8 Å². The molecule has 0 spiro atoms. The van der Waals surface area contributed by atoms with Gasteiger partial charge in [0, 0.05) is 41.3 Å². The van der Waals surface area contributed by atoms with Crippen LogP contribution in [0, 0.1) is 17.7 Å². The van der Waals surface area contributed by atoms with Crippen LogP contribution in [0.15, 0.2) is 70.8 Å². The van der Waals surface area contributed by atoms with Gasteiger partial charge in [-0.25, -0.2) is 4.39 Å². The first-order valence-corrected chi connectivity index (χ1v) is 16.0. The van der Waals surface area contributed by atoms with E-state index in [9.17, 15) is 19.8 Å². The predicted octanol–water partition coefficient (Wildman–Crippen LogP) is 4.84. The molecule has 1 aliphatic heterocycles. The average molecular weight is 652 g/mol. The number of aliphatic hydroxyl groups excluding tert-OH is 1. The van der Waals surface area contributed by atoms with Gasteiger partial charge in [-0.1, -0.05) is 60.7 Å². The summed E-state index contributed by atoms with van der Waals surface area (Å²) in [5.74, 6) is -4.02. The van der Waals surface area contributed by atoms with E-state index >= 15 is 4.39 Å². The summed E-state index contributed by atoms with van der Waals surface area (Å²) in [6.07, 6.45) is 0.182. The Morgan fingerprint density at radius 1 is 0.938 bits per heavy atom. The summed E-state index contributed by atoms with van der Waals surface area (Å²) >= 11 is 0. The van der Waals surface area contributed by atoms with Crippen LogP contribution in [0.1, 0.15) is 62.0 Å². The van der Waals surface area contributed by atoms with E-state index in [2.05, 4.69) is 10.5 Å². The highest BCUT2D eigenvalue weighted by molar-refractivity contribution is 6.26. The summed E-state index contributed by atoms with van der Waals surface area (Å²) < 4.78 is 34.2. The van der Waals surface area contributed by atoms with Gasteiger partial charge in [0.05, 0.1) is 11.6 Å². The summed E-state index contributed by atoms with van der Waals surface area (Å²) in [7, 11) is 3.51. The number of Topliss-reactive ketones (excluding diaryl/α,β-unsaturated/α-hetero) is 2. The van der Waals surface area contributed by atoms with Crippen molar-refractivity contribution < 1.29 is 38.2 Å². The first-order chi connectivity index (χ1) is 23.2. The molecule has 4 aliphatic rings. The molecule has 3 N–H and O–H groups in total. The molecule has 246 valence electrons. The molecule has 0 amide bonds. The number of nitrogens with one attached hydrogen (secondary N) is 1. The smallest absolute Gasteiger partial charge is 0.265 e. The number of hydrogen-bond donors (Lipinski definition) is 3. The van der Waals surface area contributed by atoms with Crippen LogP contribution >= 0.6 is 0 Å². The molecule has 4 aromatic rings. The molecule has 3 aliphatic carbocycles. The van der Waals surface area contributed by atoms with E-state index in [1.54, 1.807) is 19.0 Å². The molecule has 0 saturated heterocycles. The maximum Gasteiger partial charge on any atom is 0.265 e. The van der Waals surface area contributed by atoms with Crippen molar-refractivity contribution in [3.05, 3.63) is 117 Å². The van der Waals surface area contributed by atoms with Gasteiger partial charge in [-0.05, 0) is 49.1 Å². The largest absolute Gasteiger partial charge is 0.507 e. The number of nitrogens with zero attached hydrogens (tertiary/aromatic N) is 2. The lowest BCUT2D eigenvalue weighted by Gasteiger charge is -2.49. The van der Waals surface area contributed by atoms with Gasteiger partial charge in [0.1, 0.15) is 36.1 Å². The topological polar surface area (TPSA) is 134 Å². The minimum Gasteiger partial charge on any atom is -0.507 e. The number of carbonyl (C=O) groups excluding carboxylic acids is 2. The van der Waals surface area contributed by atoms with Crippen molar-refractivity contribution in [1.29, 1.82) is 0 Å². The number of fused-ring (bicyclic) bond motifs is 5. The van der Waals surface area contributed by atoms with Crippen molar-refractivity contribution in [3.8, 4) is 11.6 Å². The van der Waals surface area contributed by atoms with E-state index in [1.165, 1.54) is 0 Å². The fourth-order valence-corrected chi connectivity index (χ4v) is 8.00. The molecule has 0 radical (unpaired) electrons. The third-order valence-corrected chi connectivity index (χ3v) is 10.2. The molecular weight excluding hydrogens is 617 g/mol. The minimum absolute atomic E-state index is 0.0802. The number of hydrogen-bond acceptors (Lipinski definition) is 10. The quantitative estimate of drug-likeness (QED) is 0.239. The van der Waals surface area contributed by atoms with Crippen LogP contribution in [0.3, 0.4) is 0 Å². The SMILES string of the molecule is CN(C)[C@@H]1c2onc(OCc3ccccc3)c2C(=O)[C@@]2(O)C(=O)C3=C(O)c4c(c(F)c5c(c4OCc4ccccc4)CNC5)C[C@H]3C[C@@H]12. The molecule has 10 nitrogen and oxygen atoms in total. The Morgan fingerprint density at radius 2 is 1.58 bits per heavy atom. The monoisotopic (exact) mass is 651 g/mol. The second-order valence-electron chi connectivity index (χ2n) is 13.2. The van der Waals surface area contributed by atoms with Crippen molar-refractivity contribution in [3.63, 3.8) is 0 Å². The number of ether oxygens (including phenoxy) is 2. The van der Waals surface area contributed by atoms with Gasteiger partial charge >= 0.3 is 0 Å². The van der Waals surface area contributed by atoms with Crippen LogP contribution in [-0.4, -0.2) is 51.5 Å². The van der Waals surface area contributed by atoms with Crippen LogP contribution in [0.5, 0.6) is 11.6 Å². The second-order valence-corrected chi connectivity index (χ2v) is 13.2. The Labute approximate surface area is 275 Å². The highest BCUT2D eigenvalue weighted by atomic mass is 19.1. The molecule has 0 bridgehead atoms. The van der Waals surface area contributed by atoms with Gasteiger partial charge in [-0.2, -0.15) is 0 Å². The van der Waals surface area contributed by atoms with Crippen LogP contribution in [0.25, 0.3) is 5.76 Å². The summed E-state index contributed by atoms with van der Waals surface area (Å²) in [6, 6.07) is 18.0. The van der Waals surface area contributed by atoms with Gasteiger partial charge in [-0.3, -0.25) is 14.5 Å². The van der Waals surface area contributed by atoms with Crippen LogP contribution in [0.4, 0.5) is 4.39 Å². The highest BCUT2D eigenvalue weighted by Crippen LogP contribution is 2.56.